The van der Waals surface area contributed by atoms with E-state index >= 15 is 0 Å². The minimum Gasteiger partial charge on any atom is -0.294 e. The molecular weight excluding hydrogens is 1700 g/mol. The van der Waals surface area contributed by atoms with Gasteiger partial charge in [0, 0.05) is 61.9 Å². The minimum atomic E-state index is -3.08. The quantitative estimate of drug-likeness (QED) is 0.0757. The molecule has 0 saturated heterocycles. The third kappa shape index (κ3) is 11.3. The molecule has 626 valence electrons. The van der Waals surface area contributed by atoms with Gasteiger partial charge in [0.25, 0.3) is 0 Å². The van der Waals surface area contributed by atoms with Crippen LogP contribution in [0.4, 0.5) is 0 Å². The van der Waals surface area contributed by atoms with Crippen LogP contribution in [0.5, 0.6) is 0 Å². The van der Waals surface area contributed by atoms with Crippen LogP contribution in [0.1, 0.15) is 0 Å². The Morgan fingerprint density at radius 3 is 0.925 bits per heavy atom. The Labute approximate surface area is 778 Å². The third-order valence-electron chi connectivity index (χ3n) is 28.2. The minimum absolute atomic E-state index is 0.717. The summed E-state index contributed by atoms with van der Waals surface area (Å²) in [6, 6.07) is 171. The normalized spacial score (nSPS) is 12.3. The second-order valence-electron chi connectivity index (χ2n) is 35.1. The molecule has 0 saturated carbocycles. The van der Waals surface area contributed by atoms with E-state index in [0.717, 1.165) is 139 Å². The Bertz CT molecular complexity index is 9530. The second kappa shape index (κ2) is 29.9. The van der Waals surface area contributed by atoms with Gasteiger partial charge in [-0.1, -0.05) is 346 Å². The van der Waals surface area contributed by atoms with E-state index in [1.54, 1.807) is 0 Å². The van der Waals surface area contributed by atoms with E-state index < -0.39 is 16.1 Å². The molecule has 0 atom stereocenters. The number of benzene rings is 18. The van der Waals surface area contributed by atoms with Crippen molar-refractivity contribution in [2.45, 2.75) is 0 Å². The van der Waals surface area contributed by atoms with Crippen LogP contribution in [0.15, 0.2) is 461 Å². The predicted octanol–water partition coefficient (Wildman–Crippen LogP) is 24.7. The second-order valence-corrected chi connectivity index (χ2v) is 44.8. The zero-order valence-corrected chi connectivity index (χ0v) is 75.8. The number of aromatic nitrogens is 10. The maximum atomic E-state index is 5.89. The van der Waals surface area contributed by atoms with Crippen molar-refractivity contribution < 1.29 is 0 Å². The third-order valence-corrected chi connectivity index (χ3v) is 40.6. The van der Waals surface area contributed by atoms with E-state index in [1.807, 2.05) is 22.7 Å². The number of thiophene rings is 2. The van der Waals surface area contributed by atoms with E-state index in [9.17, 15) is 0 Å². The van der Waals surface area contributed by atoms with E-state index in [1.165, 1.54) is 92.6 Å². The number of para-hydroxylation sites is 9. The summed E-state index contributed by atoms with van der Waals surface area (Å²) in [7, 11) is -6.13. The first-order valence-electron chi connectivity index (χ1n) is 45.6. The molecular formula is C120H76N10S2Si2. The molecule has 0 N–H and O–H groups in total. The molecule has 10 aromatic heterocycles. The van der Waals surface area contributed by atoms with E-state index in [4.69, 9.17) is 19.9 Å². The SMILES string of the molecule is c1ccc([Si](c2ccccc2)(c2ccc(-c3cc(-n4c5ccccc5c5ccccc54)nc(-n4c5ccccc5c5cc(-c6ccc7c(c6)nc6n(-c8cc(-c9ccc([Si](c%10ccccc%10)(c%10ccccc%10)c%10cccc%11c%10sc%10ccccc%10%11)cc9)cc(-n9c%10ccccc%10n%10c%11ccccc%11nc9%10)n8)c8ccccc8n76)ccc54)c3)cc2)c2cccc3c2sc2ccccc23)cc1. The Kier molecular flexibility index (Phi) is 17.0. The lowest BCUT2D eigenvalue weighted by atomic mass is 10.0. The van der Waals surface area contributed by atoms with Crippen molar-refractivity contribution in [2.24, 2.45) is 0 Å². The Balaban J connectivity index is 0.602. The molecule has 14 heteroatoms. The van der Waals surface area contributed by atoms with Crippen LogP contribution in [0.2, 0.25) is 0 Å². The van der Waals surface area contributed by atoms with Gasteiger partial charge in [-0.15, -0.1) is 22.7 Å². The number of hydrogen-bond donors (Lipinski definition) is 0. The van der Waals surface area contributed by atoms with Gasteiger partial charge in [0.1, 0.15) is 23.3 Å². The first kappa shape index (κ1) is 76.2. The summed E-state index contributed by atoms with van der Waals surface area (Å²) in [6.45, 7) is 0. The van der Waals surface area contributed by atoms with Crippen molar-refractivity contribution in [3.05, 3.63) is 461 Å². The molecule has 0 unspecified atom stereocenters. The molecule has 10 heterocycles. The van der Waals surface area contributed by atoms with Crippen LogP contribution in [0.25, 0.3) is 196 Å². The van der Waals surface area contributed by atoms with E-state index in [2.05, 4.69) is 488 Å². The van der Waals surface area contributed by atoms with Gasteiger partial charge in [-0.2, -0.15) is 0 Å². The zero-order valence-electron chi connectivity index (χ0n) is 72.2. The number of nitrogens with zero attached hydrogens (tertiary/aromatic N) is 10. The molecule has 0 fully saturated rings. The highest BCUT2D eigenvalue weighted by molar-refractivity contribution is 7.31. The fourth-order valence-corrected chi connectivity index (χ4v) is 35.4. The van der Waals surface area contributed by atoms with Crippen LogP contribution in [0, 0.1) is 0 Å². The molecule has 134 heavy (non-hydrogen) atoms. The average molecular weight is 1780 g/mol. The monoisotopic (exact) mass is 1780 g/mol. The number of fused-ring (bicyclic) bond motifs is 22. The molecule has 0 aliphatic rings. The van der Waals surface area contributed by atoms with Crippen molar-refractivity contribution in [3.8, 4) is 56.7 Å². The highest BCUT2D eigenvalue weighted by Crippen LogP contribution is 2.43. The van der Waals surface area contributed by atoms with Crippen LogP contribution < -0.4 is 41.5 Å². The summed E-state index contributed by atoms with van der Waals surface area (Å²) in [4.78, 5) is 23.0. The molecule has 0 bridgehead atoms. The van der Waals surface area contributed by atoms with Gasteiger partial charge in [0.2, 0.25) is 11.6 Å². The standard InChI is InChI=1S/C120H76N10S2Si2/c1-5-31-83(32-6-1)133(84-33-7-2-8-34-84,111-57-29-44-94-92-42-16-27-55-109(92)131-117(94)111)87-65-59-77(60-66-87)81-73-113(125-99-47-19-13-39-89(99)90-40-14-20-48-100(90)125)123-114(74-81)126-101-49-21-15-41-91(101)96-71-79(63-69-102(96)126)80-64-70-104-98(72-80)122-120-128(104)106-52-24-26-54-108(106)130(120)116-76-82(75-115(124-116)129-107-53-25-23-51-105(107)127-103-50-22-18-46-97(103)121-119(127)129)78-61-67-88(68-62-78)134(85-35-9-3-10-36-85,86-37-11-4-12-38-86)112-58-30-45-95-93-43-17-28-56-110(93)132-118(95)112/h1-76H. The largest absolute Gasteiger partial charge is 0.294 e. The molecule has 10 nitrogen and oxygen atoms in total. The number of rotatable bonds is 15. The van der Waals surface area contributed by atoms with Crippen molar-refractivity contribution in [1.29, 1.82) is 0 Å². The maximum Gasteiger partial charge on any atom is 0.221 e. The zero-order chi connectivity index (χ0) is 87.9. The summed E-state index contributed by atoms with van der Waals surface area (Å²) in [5.74, 6) is 4.60. The van der Waals surface area contributed by atoms with Crippen LogP contribution in [-0.2, 0) is 0 Å². The van der Waals surface area contributed by atoms with Gasteiger partial charge in [-0.3, -0.25) is 27.1 Å². The van der Waals surface area contributed by atoms with Crippen LogP contribution in [-0.4, -0.2) is 63.2 Å². The summed E-state index contributed by atoms with van der Waals surface area (Å²) >= 11 is 3.83. The van der Waals surface area contributed by atoms with Crippen molar-refractivity contribution in [2.75, 3.05) is 0 Å². The molecule has 0 amide bonds. The molecule has 28 aromatic rings. The molecule has 0 aliphatic heterocycles. The molecule has 28 rings (SSSR count). The highest BCUT2D eigenvalue weighted by Gasteiger charge is 2.45. The van der Waals surface area contributed by atoms with Gasteiger partial charge >= 0.3 is 0 Å². The molecule has 0 radical (unpaired) electrons. The van der Waals surface area contributed by atoms with Crippen molar-refractivity contribution in [3.63, 3.8) is 0 Å². The lowest BCUT2D eigenvalue weighted by Crippen LogP contribution is -2.74. The van der Waals surface area contributed by atoms with Gasteiger partial charge < -0.3 is 0 Å². The smallest absolute Gasteiger partial charge is 0.221 e. The fraction of sp³-hybridized carbons (Fsp3) is 0. The Morgan fingerprint density at radius 2 is 0.485 bits per heavy atom. The molecule has 0 aliphatic carbocycles. The van der Waals surface area contributed by atoms with Gasteiger partial charge in [0.05, 0.1) is 66.2 Å². The number of imidazole rings is 4. The topological polar surface area (TPSA) is 80.1 Å². The Morgan fingerprint density at radius 1 is 0.179 bits per heavy atom. The van der Waals surface area contributed by atoms with E-state index in [0.29, 0.717) is 5.82 Å². The van der Waals surface area contributed by atoms with Gasteiger partial charge in [-0.25, -0.2) is 19.9 Å². The van der Waals surface area contributed by atoms with Crippen molar-refractivity contribution >= 4 is 220 Å². The summed E-state index contributed by atoms with van der Waals surface area (Å²) in [6.07, 6.45) is 0. The highest BCUT2D eigenvalue weighted by atomic mass is 32.1. The first-order chi connectivity index (χ1) is 66.4. The summed E-state index contributed by atoms with van der Waals surface area (Å²) < 4.78 is 19.1. The Hall–Kier alpha value is -16.7. The average Bonchev–Trinajstić information content (AvgIpc) is 1.09. The predicted molar refractivity (Wildman–Crippen MR) is 566 cm³/mol. The van der Waals surface area contributed by atoms with Crippen molar-refractivity contribution in [1.82, 2.24) is 47.0 Å². The van der Waals surface area contributed by atoms with Crippen LogP contribution >= 0.6 is 22.7 Å². The first-order valence-corrected chi connectivity index (χ1v) is 51.2. The number of hydrogen-bond acceptors (Lipinski definition) is 6. The lowest BCUT2D eigenvalue weighted by Gasteiger charge is -2.35. The van der Waals surface area contributed by atoms with Gasteiger partial charge in [0.15, 0.2) is 16.1 Å². The molecule has 0 spiro atoms. The lowest BCUT2D eigenvalue weighted by molar-refractivity contribution is 0.983. The summed E-state index contributed by atoms with van der Waals surface area (Å²) in [5, 5.41) is 20.5. The van der Waals surface area contributed by atoms with Gasteiger partial charge in [-0.05, 0) is 190 Å². The molecule has 18 aromatic carbocycles. The summed E-state index contributed by atoms with van der Waals surface area (Å²) in [5.41, 5.74) is 18.4. The number of pyridine rings is 2. The maximum absolute atomic E-state index is 5.89. The van der Waals surface area contributed by atoms with E-state index in [-0.39, 0.29) is 0 Å². The fourth-order valence-electron chi connectivity index (χ4n) is 22.3. The van der Waals surface area contributed by atoms with Crippen LogP contribution in [0.3, 0.4) is 0 Å².